The highest BCUT2D eigenvalue weighted by atomic mass is 32.2. The fourth-order valence-electron chi connectivity index (χ4n) is 2.22. The van der Waals surface area contributed by atoms with Gasteiger partial charge in [-0.15, -0.1) is 0 Å². The highest BCUT2D eigenvalue weighted by Crippen LogP contribution is 2.40. The lowest BCUT2D eigenvalue weighted by molar-refractivity contribution is -0.115. The van der Waals surface area contributed by atoms with Crippen LogP contribution in [0.4, 0.5) is 0 Å². The maximum Gasteiger partial charge on any atom is 0.263 e. The van der Waals surface area contributed by atoms with Crippen molar-refractivity contribution in [2.45, 2.75) is 26.2 Å². The van der Waals surface area contributed by atoms with E-state index in [0.29, 0.717) is 33.1 Å². The number of carbonyl (C=O) groups is 1. The first kappa shape index (κ1) is 18.6. The number of methoxy groups -OCH3 is 2. The summed E-state index contributed by atoms with van der Waals surface area (Å²) in [5.41, 5.74) is 0.784. The largest absolute Gasteiger partial charge is 0.493 e. The number of ether oxygens (including phenoxy) is 3. The molecule has 0 atom stereocenters. The van der Waals surface area contributed by atoms with Crippen molar-refractivity contribution in [3.05, 3.63) is 22.6 Å². The number of rotatable bonds is 8. The van der Waals surface area contributed by atoms with Crippen LogP contribution in [0.2, 0.25) is 0 Å². The van der Waals surface area contributed by atoms with Gasteiger partial charge in [0.25, 0.3) is 5.91 Å². The Morgan fingerprint density at radius 3 is 2.38 bits per heavy atom. The van der Waals surface area contributed by atoms with E-state index in [4.69, 9.17) is 26.4 Å². The number of thiocarbonyl (C=S) groups is 1. The maximum atomic E-state index is 11.8. The van der Waals surface area contributed by atoms with Crippen molar-refractivity contribution in [3.63, 3.8) is 0 Å². The highest BCUT2D eigenvalue weighted by Gasteiger charge is 2.22. The van der Waals surface area contributed by atoms with Gasteiger partial charge in [-0.3, -0.25) is 4.79 Å². The Kier molecular flexibility index (Phi) is 6.93. The summed E-state index contributed by atoms with van der Waals surface area (Å²) >= 11 is 6.24. The summed E-state index contributed by atoms with van der Waals surface area (Å²) in [6, 6.07) is 3.64. The van der Waals surface area contributed by atoms with Crippen LogP contribution in [0.25, 0.3) is 6.08 Å². The van der Waals surface area contributed by atoms with E-state index in [2.05, 4.69) is 12.2 Å². The summed E-state index contributed by atoms with van der Waals surface area (Å²) in [5.74, 6) is 1.53. The Labute approximate surface area is 151 Å². The van der Waals surface area contributed by atoms with Gasteiger partial charge < -0.3 is 19.5 Å². The summed E-state index contributed by atoms with van der Waals surface area (Å²) in [6.07, 6.45) is 4.97. The fraction of sp³-hybridized carbons (Fsp3) is 0.412. The first-order valence-electron chi connectivity index (χ1n) is 7.72. The van der Waals surface area contributed by atoms with Crippen LogP contribution in [-0.2, 0) is 4.79 Å². The van der Waals surface area contributed by atoms with Crippen molar-refractivity contribution in [3.8, 4) is 17.2 Å². The molecule has 0 radical (unpaired) electrons. The van der Waals surface area contributed by atoms with Crippen LogP contribution >= 0.6 is 24.0 Å². The van der Waals surface area contributed by atoms with Crippen LogP contribution in [0.3, 0.4) is 0 Å². The molecule has 1 aliphatic heterocycles. The molecule has 0 spiro atoms. The lowest BCUT2D eigenvalue weighted by Gasteiger charge is -2.15. The number of hydrogen-bond acceptors (Lipinski definition) is 6. The molecule has 1 aliphatic rings. The van der Waals surface area contributed by atoms with Crippen molar-refractivity contribution in [2.75, 3.05) is 20.8 Å². The molecule has 1 heterocycles. The average Bonchev–Trinajstić information content (AvgIpc) is 2.89. The van der Waals surface area contributed by atoms with Crippen LogP contribution in [0, 0.1) is 0 Å². The van der Waals surface area contributed by atoms with E-state index in [1.807, 2.05) is 12.1 Å². The molecule has 1 fully saturated rings. The van der Waals surface area contributed by atoms with E-state index < -0.39 is 0 Å². The third-order valence-corrected chi connectivity index (χ3v) is 4.58. The monoisotopic (exact) mass is 367 g/mol. The van der Waals surface area contributed by atoms with E-state index in [1.165, 1.54) is 11.8 Å². The molecule has 0 aromatic heterocycles. The van der Waals surface area contributed by atoms with Crippen molar-refractivity contribution in [1.82, 2.24) is 5.32 Å². The first-order valence-corrected chi connectivity index (χ1v) is 8.95. The van der Waals surface area contributed by atoms with Crippen LogP contribution in [0.1, 0.15) is 31.7 Å². The predicted octanol–water partition coefficient (Wildman–Crippen LogP) is 3.76. The van der Waals surface area contributed by atoms with Crippen molar-refractivity contribution in [2.24, 2.45) is 0 Å². The van der Waals surface area contributed by atoms with E-state index in [9.17, 15) is 4.79 Å². The van der Waals surface area contributed by atoms with Gasteiger partial charge in [-0.1, -0.05) is 43.7 Å². The standard InChI is InChI=1S/C17H21NO4S2/c1-4-5-6-7-22-15-12(20-2)8-11(9-13(15)21-3)10-14-16(19)18-17(23)24-14/h8-10H,4-7H2,1-3H3,(H,18,19,23). The molecule has 1 N–H and O–H groups in total. The number of benzene rings is 1. The SMILES string of the molecule is CCCCCOc1c(OC)cc(C=C2SC(=S)NC2=O)cc1OC. The van der Waals surface area contributed by atoms with Gasteiger partial charge >= 0.3 is 0 Å². The molecule has 1 saturated heterocycles. The Morgan fingerprint density at radius 1 is 1.21 bits per heavy atom. The summed E-state index contributed by atoms with van der Waals surface area (Å²) < 4.78 is 17.2. The van der Waals surface area contributed by atoms with Crippen LogP contribution in [-0.4, -0.2) is 31.1 Å². The van der Waals surface area contributed by atoms with Crippen LogP contribution in [0.5, 0.6) is 17.2 Å². The second-order valence-electron chi connectivity index (χ2n) is 5.16. The molecular formula is C17H21NO4S2. The minimum absolute atomic E-state index is 0.192. The fourth-order valence-corrected chi connectivity index (χ4v) is 3.27. The second-order valence-corrected chi connectivity index (χ2v) is 6.88. The molecule has 1 aromatic carbocycles. The topological polar surface area (TPSA) is 56.8 Å². The lowest BCUT2D eigenvalue weighted by Crippen LogP contribution is -2.17. The Morgan fingerprint density at radius 2 is 1.88 bits per heavy atom. The van der Waals surface area contributed by atoms with E-state index in [0.717, 1.165) is 24.8 Å². The first-order chi connectivity index (χ1) is 11.6. The second kappa shape index (κ2) is 8.94. The van der Waals surface area contributed by atoms with Crippen molar-refractivity contribution >= 4 is 40.3 Å². The zero-order valence-electron chi connectivity index (χ0n) is 14.0. The van der Waals surface area contributed by atoms with E-state index in [1.54, 1.807) is 20.3 Å². The molecule has 1 amide bonds. The van der Waals surface area contributed by atoms with Gasteiger partial charge in [-0.25, -0.2) is 0 Å². The molecule has 1 aromatic rings. The zero-order valence-corrected chi connectivity index (χ0v) is 15.6. The maximum absolute atomic E-state index is 11.8. The third kappa shape index (κ3) is 4.64. The summed E-state index contributed by atoms with van der Waals surface area (Å²) in [7, 11) is 3.16. The Hall–Kier alpha value is -1.73. The summed E-state index contributed by atoms with van der Waals surface area (Å²) in [6.45, 7) is 2.75. The minimum atomic E-state index is -0.192. The van der Waals surface area contributed by atoms with Crippen LogP contribution < -0.4 is 19.5 Å². The Bertz CT molecular complexity index is 633. The molecule has 5 nitrogen and oxygen atoms in total. The predicted molar refractivity (Wildman–Crippen MR) is 101 cm³/mol. The van der Waals surface area contributed by atoms with Gasteiger partial charge in [-0.05, 0) is 30.2 Å². The molecule has 0 bridgehead atoms. The number of nitrogens with one attached hydrogen (secondary N) is 1. The third-order valence-electron chi connectivity index (χ3n) is 3.42. The number of carbonyl (C=O) groups excluding carboxylic acids is 1. The molecule has 24 heavy (non-hydrogen) atoms. The quantitative estimate of drug-likeness (QED) is 0.429. The van der Waals surface area contributed by atoms with Gasteiger partial charge in [0, 0.05) is 0 Å². The number of unbranched alkanes of at least 4 members (excludes halogenated alkanes) is 2. The smallest absolute Gasteiger partial charge is 0.263 e. The van der Waals surface area contributed by atoms with Gasteiger partial charge in [0.2, 0.25) is 5.75 Å². The van der Waals surface area contributed by atoms with E-state index in [-0.39, 0.29) is 5.91 Å². The minimum Gasteiger partial charge on any atom is -0.493 e. The molecule has 2 rings (SSSR count). The van der Waals surface area contributed by atoms with Gasteiger partial charge in [0.1, 0.15) is 4.32 Å². The molecule has 0 unspecified atom stereocenters. The zero-order chi connectivity index (χ0) is 17.5. The average molecular weight is 367 g/mol. The number of thioether (sulfide) groups is 1. The molecular weight excluding hydrogens is 346 g/mol. The Balaban J connectivity index is 2.27. The number of hydrogen-bond donors (Lipinski definition) is 1. The normalized spacial score (nSPS) is 15.5. The number of amides is 1. The van der Waals surface area contributed by atoms with Crippen LogP contribution in [0.15, 0.2) is 17.0 Å². The van der Waals surface area contributed by atoms with Crippen molar-refractivity contribution < 1.29 is 19.0 Å². The molecule has 130 valence electrons. The van der Waals surface area contributed by atoms with Gasteiger partial charge in [0.15, 0.2) is 11.5 Å². The molecule has 0 saturated carbocycles. The lowest BCUT2D eigenvalue weighted by atomic mass is 10.1. The van der Waals surface area contributed by atoms with Gasteiger partial charge in [0.05, 0.1) is 25.7 Å². The van der Waals surface area contributed by atoms with E-state index >= 15 is 0 Å². The van der Waals surface area contributed by atoms with Gasteiger partial charge in [-0.2, -0.15) is 0 Å². The highest BCUT2D eigenvalue weighted by molar-refractivity contribution is 8.26. The summed E-state index contributed by atoms with van der Waals surface area (Å²) in [5, 5.41) is 2.60. The molecule has 7 heteroatoms. The van der Waals surface area contributed by atoms with Crippen molar-refractivity contribution in [1.29, 1.82) is 0 Å². The summed E-state index contributed by atoms with van der Waals surface area (Å²) in [4.78, 5) is 12.3. The molecule has 0 aliphatic carbocycles.